The summed E-state index contributed by atoms with van der Waals surface area (Å²) in [5.74, 6) is 2.14. The first-order chi connectivity index (χ1) is 28.2. The topological polar surface area (TPSA) is 125 Å². The van der Waals surface area contributed by atoms with Gasteiger partial charge in [-0.05, 0) is 88.0 Å². The van der Waals surface area contributed by atoms with Crippen LogP contribution in [-0.4, -0.2) is 53.3 Å². The molecule has 9 nitrogen and oxygen atoms in total. The van der Waals surface area contributed by atoms with Gasteiger partial charge in [0.1, 0.15) is 17.1 Å². The number of aromatic amines is 3. The minimum absolute atomic E-state index is 0. The summed E-state index contributed by atoms with van der Waals surface area (Å²) in [5.41, 5.74) is 14.1. The van der Waals surface area contributed by atoms with E-state index < -0.39 is 0 Å². The zero-order chi connectivity index (χ0) is 38.0. The molecule has 4 aromatic carbocycles. The summed E-state index contributed by atoms with van der Waals surface area (Å²) < 4.78 is 0. The van der Waals surface area contributed by atoms with Gasteiger partial charge in [0.05, 0.1) is 17.1 Å². The van der Waals surface area contributed by atoms with Crippen LogP contribution in [0.5, 0.6) is 0 Å². The van der Waals surface area contributed by atoms with Crippen molar-refractivity contribution >= 4 is 8.41 Å². The Hall–Kier alpha value is -7.98. The van der Waals surface area contributed by atoms with Crippen LogP contribution in [0.2, 0.25) is 0 Å². The van der Waals surface area contributed by atoms with Crippen molar-refractivity contribution in [2.45, 2.75) is 0 Å². The number of nitrogens with zero attached hydrogens (tertiary/aromatic N) is 6. The van der Waals surface area contributed by atoms with E-state index in [9.17, 15) is 0 Å². The molecule has 273 valence electrons. The number of hydrogen-bond donors (Lipinski definition) is 3. The largest absolute Gasteiger partial charge is 0.343 e. The van der Waals surface area contributed by atoms with Gasteiger partial charge in [-0.15, -0.1) is 0 Å². The summed E-state index contributed by atoms with van der Waals surface area (Å²) in [6, 6.07) is 49.5. The zero-order valence-corrected chi connectivity index (χ0v) is 31.1. The Balaban J connectivity index is 0.00000436. The molecule has 3 N–H and O–H groups in total. The second-order valence-corrected chi connectivity index (χ2v) is 13.5. The van der Waals surface area contributed by atoms with Gasteiger partial charge in [0, 0.05) is 62.3 Å². The quantitative estimate of drug-likeness (QED) is 0.126. The van der Waals surface area contributed by atoms with Crippen LogP contribution in [-0.2, 0) is 0 Å². The maximum atomic E-state index is 5.01. The summed E-state index contributed by atoms with van der Waals surface area (Å²) in [6.07, 6.45) is 11.2. The van der Waals surface area contributed by atoms with Gasteiger partial charge in [-0.25, -0.2) is 15.0 Å². The second kappa shape index (κ2) is 15.6. The minimum Gasteiger partial charge on any atom is -0.343 e. The Morgan fingerprint density at radius 2 is 0.569 bits per heavy atom. The Bertz CT molecular complexity index is 2640. The molecule has 6 aromatic heterocycles. The average Bonchev–Trinajstić information content (AvgIpc) is 4.10. The fourth-order valence-corrected chi connectivity index (χ4v) is 7.25. The van der Waals surface area contributed by atoms with Gasteiger partial charge in [-0.2, -0.15) is 0 Å². The minimum atomic E-state index is 0. The maximum absolute atomic E-state index is 5.01. The predicted octanol–water partition coefficient (Wildman–Crippen LogP) is 10.7. The molecule has 0 saturated heterocycles. The molecule has 0 fully saturated rings. The van der Waals surface area contributed by atoms with Crippen molar-refractivity contribution in [3.63, 3.8) is 0 Å². The highest BCUT2D eigenvalue weighted by Gasteiger charge is 2.19. The van der Waals surface area contributed by atoms with Crippen molar-refractivity contribution in [3.05, 3.63) is 183 Å². The highest BCUT2D eigenvalue weighted by atomic mass is 15.0. The number of imidazole rings is 3. The van der Waals surface area contributed by atoms with E-state index in [0.717, 1.165) is 84.2 Å². The number of pyridine rings is 3. The van der Waals surface area contributed by atoms with Gasteiger partial charge in [-0.1, -0.05) is 91.0 Å². The number of H-pyrrole nitrogens is 3. The van der Waals surface area contributed by atoms with Crippen LogP contribution in [0.15, 0.2) is 183 Å². The van der Waals surface area contributed by atoms with Crippen LogP contribution < -0.4 is 0 Å². The van der Waals surface area contributed by atoms with Crippen LogP contribution in [0, 0.1) is 0 Å². The first-order valence-corrected chi connectivity index (χ1v) is 18.6. The number of aromatic nitrogens is 9. The molecule has 0 spiro atoms. The Labute approximate surface area is 336 Å². The molecule has 10 heteroatoms. The first kappa shape index (κ1) is 35.7. The van der Waals surface area contributed by atoms with Gasteiger partial charge in [0.2, 0.25) is 0 Å². The summed E-state index contributed by atoms with van der Waals surface area (Å²) in [4.78, 5) is 38.6. The molecule has 0 aliphatic rings. The predicted molar refractivity (Wildman–Crippen MR) is 231 cm³/mol. The zero-order valence-electron chi connectivity index (χ0n) is 31.1. The van der Waals surface area contributed by atoms with E-state index in [0.29, 0.717) is 17.5 Å². The molecule has 0 aliphatic heterocycles. The van der Waals surface area contributed by atoms with E-state index >= 15 is 0 Å². The Morgan fingerprint density at radius 1 is 0.293 bits per heavy atom. The van der Waals surface area contributed by atoms with Crippen LogP contribution in [0.4, 0.5) is 0 Å². The van der Waals surface area contributed by atoms with Crippen molar-refractivity contribution in [1.29, 1.82) is 0 Å². The van der Waals surface area contributed by atoms with Gasteiger partial charge in [-0.3, -0.25) is 15.0 Å². The average molecular weight is 747 g/mol. The fourth-order valence-electron chi connectivity index (χ4n) is 7.25. The van der Waals surface area contributed by atoms with Crippen molar-refractivity contribution in [1.82, 2.24) is 44.9 Å². The lowest BCUT2D eigenvalue weighted by molar-refractivity contribution is 1.22. The molecule has 0 atom stereocenters. The number of rotatable bonds is 9. The van der Waals surface area contributed by atoms with Crippen molar-refractivity contribution in [2.75, 3.05) is 0 Å². The van der Waals surface area contributed by atoms with Crippen LogP contribution >= 0.6 is 0 Å². The number of hydrogen-bond acceptors (Lipinski definition) is 6. The third kappa shape index (κ3) is 6.90. The van der Waals surface area contributed by atoms with Crippen molar-refractivity contribution in [2.24, 2.45) is 0 Å². The lowest BCUT2D eigenvalue weighted by Gasteiger charge is -2.16. The van der Waals surface area contributed by atoms with Crippen molar-refractivity contribution < 1.29 is 0 Å². The van der Waals surface area contributed by atoms with Gasteiger partial charge in [0.15, 0.2) is 17.5 Å². The first-order valence-electron chi connectivity index (χ1n) is 18.6. The highest BCUT2D eigenvalue weighted by molar-refractivity contribution is 5.93. The Kier molecular flexibility index (Phi) is 9.63. The van der Waals surface area contributed by atoms with Crippen LogP contribution in [0.25, 0.3) is 102 Å². The molecule has 10 aromatic rings. The molecule has 0 aliphatic carbocycles. The molecular formula is C48H33BN9. The summed E-state index contributed by atoms with van der Waals surface area (Å²) in [7, 11) is 0. The fraction of sp³-hybridized carbons (Fsp3) is 0. The van der Waals surface area contributed by atoms with Gasteiger partial charge in [0.25, 0.3) is 0 Å². The molecule has 3 radical (unpaired) electrons. The van der Waals surface area contributed by atoms with E-state index in [-0.39, 0.29) is 8.41 Å². The summed E-state index contributed by atoms with van der Waals surface area (Å²) in [6.45, 7) is 0. The number of nitrogens with one attached hydrogen (secondary N) is 3. The number of benzene rings is 4. The second-order valence-electron chi connectivity index (χ2n) is 13.5. The smallest absolute Gasteiger partial charge is 0.156 e. The maximum Gasteiger partial charge on any atom is 0.156 e. The van der Waals surface area contributed by atoms with Crippen LogP contribution in [0.1, 0.15) is 0 Å². The molecule has 6 heterocycles. The molecule has 58 heavy (non-hydrogen) atoms. The Morgan fingerprint density at radius 3 is 0.845 bits per heavy atom. The van der Waals surface area contributed by atoms with E-state index in [1.165, 1.54) is 0 Å². The lowest BCUT2D eigenvalue weighted by atomic mass is 9.88. The lowest BCUT2D eigenvalue weighted by Crippen LogP contribution is -1.92. The van der Waals surface area contributed by atoms with Crippen LogP contribution in [0.3, 0.4) is 0 Å². The van der Waals surface area contributed by atoms with E-state index in [2.05, 4.69) is 121 Å². The molecule has 0 unspecified atom stereocenters. The molecule has 0 saturated carbocycles. The monoisotopic (exact) mass is 746 g/mol. The summed E-state index contributed by atoms with van der Waals surface area (Å²) >= 11 is 0. The van der Waals surface area contributed by atoms with E-state index in [1.54, 1.807) is 18.6 Å². The molecular weight excluding hydrogens is 713 g/mol. The molecule has 0 amide bonds. The molecule has 10 rings (SSSR count). The standard InChI is InChI=1S/C48H33N9.B/c1-4-16-37(43-28-52-46(55-43)40-19-7-10-22-49-40)34(13-1)31-25-32(35-14-2-5-17-38(35)44-29-53-47(56-44)41-20-8-11-23-50-41)27-33(26-31)36-15-3-6-18-39(36)45-30-54-48(57-45)42-21-9-12-24-51-42;/h1-30H,(H,52,55)(H,53,56)(H,54,57);. The third-order valence-electron chi connectivity index (χ3n) is 9.93. The van der Waals surface area contributed by atoms with Gasteiger partial charge < -0.3 is 15.0 Å². The third-order valence-corrected chi connectivity index (χ3v) is 9.93. The molecule has 0 bridgehead atoms. The van der Waals surface area contributed by atoms with E-state index in [1.807, 2.05) is 73.2 Å². The summed E-state index contributed by atoms with van der Waals surface area (Å²) in [5, 5.41) is 0. The van der Waals surface area contributed by atoms with Crippen molar-refractivity contribution in [3.8, 4) is 102 Å². The van der Waals surface area contributed by atoms with Gasteiger partial charge >= 0.3 is 0 Å². The normalized spacial score (nSPS) is 11.0. The van der Waals surface area contributed by atoms with E-state index in [4.69, 9.17) is 15.0 Å². The SMILES string of the molecule is [B].c1ccc(-c2nc(-c3ccccc3-c3cc(-c4ccccc4-c4c[nH]c(-c5ccccn5)n4)cc(-c4ccccc4-c4c[nH]c(-c5ccccn5)n4)c3)c[nH]2)nc1. The highest BCUT2D eigenvalue weighted by Crippen LogP contribution is 2.42.